The molecule has 32 heavy (non-hydrogen) atoms. The fraction of sp³-hybridized carbons (Fsp3) is 0.500. The summed E-state index contributed by atoms with van der Waals surface area (Å²) in [6, 6.07) is 16.6. The van der Waals surface area contributed by atoms with Gasteiger partial charge in [0.2, 0.25) is 5.91 Å². The average molecular weight is 438 g/mol. The first-order valence-electron chi connectivity index (χ1n) is 11.7. The van der Waals surface area contributed by atoms with Crippen LogP contribution in [0.4, 0.5) is 5.69 Å². The van der Waals surface area contributed by atoms with Crippen molar-refractivity contribution in [2.24, 2.45) is 5.92 Å². The Morgan fingerprint density at radius 1 is 0.812 bits per heavy atom. The number of piperazine rings is 1. The Bertz CT molecular complexity index is 853. The van der Waals surface area contributed by atoms with E-state index in [0.717, 1.165) is 70.0 Å². The van der Waals surface area contributed by atoms with Gasteiger partial charge in [-0.1, -0.05) is 12.1 Å². The summed E-state index contributed by atoms with van der Waals surface area (Å²) >= 11 is 0. The zero-order valence-corrected chi connectivity index (χ0v) is 19.3. The minimum Gasteiger partial charge on any atom is -0.497 e. The van der Waals surface area contributed by atoms with Gasteiger partial charge < -0.3 is 19.3 Å². The third kappa shape index (κ3) is 5.74. The zero-order chi connectivity index (χ0) is 22.3. The molecule has 0 N–H and O–H groups in total. The minimum absolute atomic E-state index is 0.271. The summed E-state index contributed by atoms with van der Waals surface area (Å²) < 4.78 is 10.5. The maximum Gasteiger partial charge on any atom is 0.236 e. The Morgan fingerprint density at radius 2 is 1.38 bits per heavy atom. The van der Waals surface area contributed by atoms with E-state index in [1.807, 2.05) is 29.2 Å². The lowest BCUT2D eigenvalue weighted by Crippen LogP contribution is -2.52. The summed E-state index contributed by atoms with van der Waals surface area (Å²) in [5.41, 5.74) is 2.56. The Labute approximate surface area is 191 Å². The number of anilines is 1. The van der Waals surface area contributed by atoms with E-state index in [4.69, 9.17) is 9.47 Å². The Kier molecular flexibility index (Phi) is 7.53. The standard InChI is InChI=1S/C26H35N3O3/c1-31-24-7-3-21(4-8-24)19-22-11-13-27(14-12-22)20-26(30)29-17-15-28(16-18-29)23-5-9-25(32-2)10-6-23/h3-10,22H,11-20H2,1-2H3. The monoisotopic (exact) mass is 437 g/mol. The van der Waals surface area contributed by atoms with E-state index in [-0.39, 0.29) is 5.91 Å². The minimum atomic E-state index is 0.271. The third-order valence-corrected chi connectivity index (χ3v) is 6.82. The van der Waals surface area contributed by atoms with Crippen LogP contribution in [0.25, 0.3) is 0 Å². The molecule has 1 amide bonds. The number of hydrogen-bond acceptors (Lipinski definition) is 5. The maximum absolute atomic E-state index is 12.9. The molecule has 172 valence electrons. The normalized spacial score (nSPS) is 17.9. The SMILES string of the molecule is COc1ccc(CC2CCN(CC(=O)N3CCN(c4ccc(OC)cc4)CC3)CC2)cc1. The van der Waals surface area contributed by atoms with E-state index >= 15 is 0 Å². The molecule has 0 unspecified atom stereocenters. The van der Waals surface area contributed by atoms with E-state index in [1.54, 1.807) is 14.2 Å². The largest absolute Gasteiger partial charge is 0.497 e. The van der Waals surface area contributed by atoms with Crippen molar-refractivity contribution in [1.29, 1.82) is 0 Å². The Balaban J connectivity index is 1.18. The van der Waals surface area contributed by atoms with E-state index < -0.39 is 0 Å². The molecule has 2 heterocycles. The zero-order valence-electron chi connectivity index (χ0n) is 19.3. The van der Waals surface area contributed by atoms with Crippen molar-refractivity contribution in [3.8, 4) is 11.5 Å². The van der Waals surface area contributed by atoms with Crippen LogP contribution < -0.4 is 14.4 Å². The molecule has 2 aliphatic rings. The number of amides is 1. The molecule has 2 aromatic carbocycles. The summed E-state index contributed by atoms with van der Waals surface area (Å²) in [6.07, 6.45) is 3.42. The van der Waals surface area contributed by atoms with Gasteiger partial charge in [0.1, 0.15) is 11.5 Å². The van der Waals surface area contributed by atoms with Crippen LogP contribution in [0.3, 0.4) is 0 Å². The molecular weight excluding hydrogens is 402 g/mol. The predicted octanol–water partition coefficient (Wildman–Crippen LogP) is 3.31. The number of hydrogen-bond donors (Lipinski definition) is 0. The number of carbonyl (C=O) groups excluding carboxylic acids is 1. The first-order valence-corrected chi connectivity index (χ1v) is 11.7. The van der Waals surface area contributed by atoms with E-state index in [0.29, 0.717) is 12.5 Å². The van der Waals surface area contributed by atoms with E-state index in [2.05, 4.69) is 34.1 Å². The summed E-state index contributed by atoms with van der Waals surface area (Å²) in [4.78, 5) is 19.6. The van der Waals surface area contributed by atoms with Gasteiger partial charge in [-0.2, -0.15) is 0 Å². The molecule has 0 radical (unpaired) electrons. The van der Waals surface area contributed by atoms with Crippen molar-refractivity contribution in [1.82, 2.24) is 9.80 Å². The first-order chi connectivity index (χ1) is 15.6. The third-order valence-electron chi connectivity index (χ3n) is 6.82. The van der Waals surface area contributed by atoms with Crippen LogP contribution in [0.2, 0.25) is 0 Å². The number of benzene rings is 2. The van der Waals surface area contributed by atoms with Crippen molar-refractivity contribution in [2.45, 2.75) is 19.3 Å². The molecule has 0 bridgehead atoms. The predicted molar refractivity (Wildman–Crippen MR) is 128 cm³/mol. The van der Waals surface area contributed by atoms with Gasteiger partial charge >= 0.3 is 0 Å². The van der Waals surface area contributed by atoms with Gasteiger partial charge in [0.25, 0.3) is 0 Å². The first kappa shape index (κ1) is 22.5. The van der Waals surface area contributed by atoms with Crippen LogP contribution in [0.15, 0.2) is 48.5 Å². The molecule has 0 aliphatic carbocycles. The lowest BCUT2D eigenvalue weighted by molar-refractivity contribution is -0.133. The maximum atomic E-state index is 12.9. The van der Waals surface area contributed by atoms with Crippen LogP contribution >= 0.6 is 0 Å². The molecule has 4 rings (SSSR count). The highest BCUT2D eigenvalue weighted by atomic mass is 16.5. The van der Waals surface area contributed by atoms with Crippen molar-refractivity contribution in [2.75, 3.05) is 64.9 Å². The molecule has 0 atom stereocenters. The van der Waals surface area contributed by atoms with Gasteiger partial charge in [-0.3, -0.25) is 9.69 Å². The highest BCUT2D eigenvalue weighted by Gasteiger charge is 2.25. The molecule has 6 nitrogen and oxygen atoms in total. The Morgan fingerprint density at radius 3 is 1.94 bits per heavy atom. The smallest absolute Gasteiger partial charge is 0.236 e. The van der Waals surface area contributed by atoms with Crippen molar-refractivity contribution < 1.29 is 14.3 Å². The fourth-order valence-corrected chi connectivity index (χ4v) is 4.74. The number of likely N-dealkylation sites (tertiary alicyclic amines) is 1. The highest BCUT2D eigenvalue weighted by Crippen LogP contribution is 2.24. The van der Waals surface area contributed by atoms with Crippen LogP contribution in [0.5, 0.6) is 11.5 Å². The molecule has 2 saturated heterocycles. The lowest BCUT2D eigenvalue weighted by atomic mass is 9.90. The second-order valence-corrected chi connectivity index (χ2v) is 8.84. The summed E-state index contributed by atoms with van der Waals surface area (Å²) in [5.74, 6) is 2.75. The molecule has 0 saturated carbocycles. The molecule has 0 aromatic heterocycles. The number of piperidine rings is 1. The second kappa shape index (κ2) is 10.7. The van der Waals surface area contributed by atoms with Crippen molar-refractivity contribution in [3.63, 3.8) is 0 Å². The molecule has 2 fully saturated rings. The quantitative estimate of drug-likeness (QED) is 0.665. The summed E-state index contributed by atoms with van der Waals surface area (Å²) in [6.45, 7) is 5.91. The number of carbonyl (C=O) groups is 1. The molecule has 0 spiro atoms. The van der Waals surface area contributed by atoms with Gasteiger partial charge in [-0.15, -0.1) is 0 Å². The molecule has 2 aliphatic heterocycles. The lowest BCUT2D eigenvalue weighted by Gasteiger charge is -2.38. The summed E-state index contributed by atoms with van der Waals surface area (Å²) in [7, 11) is 3.38. The van der Waals surface area contributed by atoms with Crippen molar-refractivity contribution >= 4 is 11.6 Å². The van der Waals surface area contributed by atoms with Gasteiger partial charge in [-0.25, -0.2) is 0 Å². The summed E-state index contributed by atoms with van der Waals surface area (Å²) in [5, 5.41) is 0. The topological polar surface area (TPSA) is 45.2 Å². The van der Waals surface area contributed by atoms with Crippen LogP contribution in [0, 0.1) is 5.92 Å². The van der Waals surface area contributed by atoms with Gasteiger partial charge in [0.05, 0.1) is 20.8 Å². The fourth-order valence-electron chi connectivity index (χ4n) is 4.74. The molecular formula is C26H35N3O3. The second-order valence-electron chi connectivity index (χ2n) is 8.84. The van der Waals surface area contributed by atoms with E-state index in [9.17, 15) is 4.79 Å². The van der Waals surface area contributed by atoms with Crippen LogP contribution in [-0.4, -0.2) is 75.7 Å². The number of rotatable bonds is 7. The van der Waals surface area contributed by atoms with Crippen LogP contribution in [-0.2, 0) is 11.2 Å². The average Bonchev–Trinajstić information content (AvgIpc) is 2.86. The highest BCUT2D eigenvalue weighted by molar-refractivity contribution is 5.78. The van der Waals surface area contributed by atoms with E-state index in [1.165, 1.54) is 11.3 Å². The Hall–Kier alpha value is -2.73. The van der Waals surface area contributed by atoms with Gasteiger partial charge in [-0.05, 0) is 80.2 Å². The van der Waals surface area contributed by atoms with Crippen LogP contribution in [0.1, 0.15) is 18.4 Å². The molecule has 6 heteroatoms. The van der Waals surface area contributed by atoms with Gasteiger partial charge in [0.15, 0.2) is 0 Å². The number of ether oxygens (including phenoxy) is 2. The van der Waals surface area contributed by atoms with Gasteiger partial charge in [0, 0.05) is 31.9 Å². The van der Waals surface area contributed by atoms with Crippen molar-refractivity contribution in [3.05, 3.63) is 54.1 Å². The molecule has 2 aromatic rings. The number of methoxy groups -OCH3 is 2. The number of nitrogens with zero attached hydrogens (tertiary/aromatic N) is 3.